The molecule has 5 heteroatoms. The van der Waals surface area contributed by atoms with Crippen molar-refractivity contribution in [1.82, 2.24) is 0 Å². The summed E-state index contributed by atoms with van der Waals surface area (Å²) in [5.41, 5.74) is 0.929. The van der Waals surface area contributed by atoms with Gasteiger partial charge in [0.25, 0.3) is 0 Å². The van der Waals surface area contributed by atoms with Gasteiger partial charge in [0.05, 0.1) is 21.3 Å². The minimum absolute atomic E-state index is 0. The Bertz CT molecular complexity index is 333. The molecule has 0 saturated heterocycles. The van der Waals surface area contributed by atoms with E-state index in [0.29, 0.717) is 17.9 Å². The van der Waals surface area contributed by atoms with Gasteiger partial charge in [0.15, 0.2) is 5.90 Å². The van der Waals surface area contributed by atoms with Gasteiger partial charge in [-0.3, -0.25) is 5.41 Å². The van der Waals surface area contributed by atoms with Gasteiger partial charge in [-0.05, 0) is 17.7 Å². The zero-order chi connectivity index (χ0) is 11.3. The number of halogens is 1. The van der Waals surface area contributed by atoms with Crippen molar-refractivity contribution in [2.24, 2.45) is 0 Å². The van der Waals surface area contributed by atoms with E-state index in [1.165, 1.54) is 7.11 Å². The van der Waals surface area contributed by atoms with Crippen LogP contribution in [0.1, 0.15) is 5.56 Å². The van der Waals surface area contributed by atoms with Crippen LogP contribution in [0.3, 0.4) is 0 Å². The molecule has 0 aromatic heterocycles. The summed E-state index contributed by atoms with van der Waals surface area (Å²) in [6.07, 6.45) is 0.435. The molecule has 16 heavy (non-hydrogen) atoms. The summed E-state index contributed by atoms with van der Waals surface area (Å²) >= 11 is 0. The lowest BCUT2D eigenvalue weighted by Crippen LogP contribution is -2.03. The smallest absolute Gasteiger partial charge is 0.184 e. The number of benzene rings is 1. The summed E-state index contributed by atoms with van der Waals surface area (Å²) in [7, 11) is 4.68. The molecule has 1 aromatic carbocycles. The molecular weight excluding hydrogens is 230 g/mol. The predicted octanol–water partition coefficient (Wildman–Crippen LogP) is 2.29. The van der Waals surface area contributed by atoms with E-state index >= 15 is 0 Å². The molecule has 4 nitrogen and oxygen atoms in total. The molecule has 0 aliphatic heterocycles. The summed E-state index contributed by atoms with van der Waals surface area (Å²) in [6, 6.07) is 5.51. The third-order valence-corrected chi connectivity index (χ3v) is 2.02. The second kappa shape index (κ2) is 6.95. The van der Waals surface area contributed by atoms with E-state index in [1.54, 1.807) is 20.3 Å². The van der Waals surface area contributed by atoms with Crippen molar-refractivity contribution in [3.63, 3.8) is 0 Å². The van der Waals surface area contributed by atoms with Crippen LogP contribution in [0.2, 0.25) is 0 Å². The maximum absolute atomic E-state index is 7.43. The van der Waals surface area contributed by atoms with E-state index in [9.17, 15) is 0 Å². The van der Waals surface area contributed by atoms with Gasteiger partial charge in [0.1, 0.15) is 11.5 Å². The van der Waals surface area contributed by atoms with E-state index in [0.717, 1.165) is 5.56 Å². The summed E-state index contributed by atoms with van der Waals surface area (Å²) in [4.78, 5) is 0. The van der Waals surface area contributed by atoms with Gasteiger partial charge in [0, 0.05) is 12.5 Å². The molecule has 0 aliphatic rings. The second-order valence-corrected chi connectivity index (χ2v) is 3.02. The molecule has 0 saturated carbocycles. The van der Waals surface area contributed by atoms with E-state index in [-0.39, 0.29) is 18.3 Å². The highest BCUT2D eigenvalue weighted by molar-refractivity contribution is 5.85. The fraction of sp³-hybridized carbons (Fsp3) is 0.364. The van der Waals surface area contributed by atoms with Gasteiger partial charge in [-0.1, -0.05) is 0 Å². The summed E-state index contributed by atoms with van der Waals surface area (Å²) in [6.45, 7) is 0. The molecule has 0 aliphatic carbocycles. The predicted molar refractivity (Wildman–Crippen MR) is 65.2 cm³/mol. The van der Waals surface area contributed by atoms with E-state index in [4.69, 9.17) is 19.6 Å². The SMILES string of the molecule is COC(=N)Cc1cc(OC)cc(OC)c1.Cl. The van der Waals surface area contributed by atoms with E-state index < -0.39 is 0 Å². The van der Waals surface area contributed by atoms with Crippen LogP contribution >= 0.6 is 12.4 Å². The molecule has 1 aromatic rings. The standard InChI is InChI=1S/C11H15NO3.ClH/c1-13-9-4-8(6-11(12)15-3)5-10(7-9)14-2;/h4-5,7,12H,6H2,1-3H3;1H. The zero-order valence-electron chi connectivity index (χ0n) is 9.57. The van der Waals surface area contributed by atoms with Gasteiger partial charge < -0.3 is 14.2 Å². The van der Waals surface area contributed by atoms with Crippen molar-refractivity contribution in [2.75, 3.05) is 21.3 Å². The van der Waals surface area contributed by atoms with Crippen LogP contribution in [-0.2, 0) is 11.2 Å². The van der Waals surface area contributed by atoms with Crippen LogP contribution < -0.4 is 9.47 Å². The van der Waals surface area contributed by atoms with Crippen molar-refractivity contribution in [3.8, 4) is 11.5 Å². The first-order chi connectivity index (χ1) is 7.19. The molecule has 0 radical (unpaired) electrons. The van der Waals surface area contributed by atoms with Crippen LogP contribution in [0.25, 0.3) is 0 Å². The zero-order valence-corrected chi connectivity index (χ0v) is 10.4. The third-order valence-electron chi connectivity index (χ3n) is 2.02. The lowest BCUT2D eigenvalue weighted by Gasteiger charge is -2.08. The Morgan fingerprint density at radius 1 is 1.06 bits per heavy atom. The monoisotopic (exact) mass is 245 g/mol. The molecule has 1 rings (SSSR count). The number of ether oxygens (including phenoxy) is 3. The Kier molecular flexibility index (Phi) is 6.34. The molecule has 0 bridgehead atoms. The first-order valence-electron chi connectivity index (χ1n) is 4.53. The van der Waals surface area contributed by atoms with Crippen LogP contribution in [0.5, 0.6) is 11.5 Å². The molecular formula is C11H16ClNO3. The fourth-order valence-corrected chi connectivity index (χ4v) is 1.23. The summed E-state index contributed by atoms with van der Waals surface area (Å²) in [5.74, 6) is 1.65. The van der Waals surface area contributed by atoms with Gasteiger partial charge in [-0.15, -0.1) is 12.4 Å². The number of rotatable bonds is 4. The van der Waals surface area contributed by atoms with E-state index in [1.807, 2.05) is 12.1 Å². The first-order valence-corrected chi connectivity index (χ1v) is 4.53. The average molecular weight is 246 g/mol. The van der Waals surface area contributed by atoms with Crippen molar-refractivity contribution in [1.29, 1.82) is 5.41 Å². The Morgan fingerprint density at radius 3 is 1.94 bits per heavy atom. The largest absolute Gasteiger partial charge is 0.497 e. The molecule has 90 valence electrons. The molecule has 0 amide bonds. The molecule has 1 N–H and O–H groups in total. The molecule has 0 atom stereocenters. The number of methoxy groups -OCH3 is 3. The van der Waals surface area contributed by atoms with Crippen LogP contribution in [-0.4, -0.2) is 27.2 Å². The minimum atomic E-state index is 0. The number of nitrogens with one attached hydrogen (secondary N) is 1. The van der Waals surface area contributed by atoms with Crippen LogP contribution in [0.15, 0.2) is 18.2 Å². The number of hydrogen-bond donors (Lipinski definition) is 1. The Labute approximate surface area is 101 Å². The fourth-order valence-electron chi connectivity index (χ4n) is 1.23. The lowest BCUT2D eigenvalue weighted by molar-refractivity contribution is 0.386. The second-order valence-electron chi connectivity index (χ2n) is 3.02. The maximum atomic E-state index is 7.43. The third kappa shape index (κ3) is 3.98. The topological polar surface area (TPSA) is 51.5 Å². The van der Waals surface area contributed by atoms with Gasteiger partial charge >= 0.3 is 0 Å². The highest BCUT2D eigenvalue weighted by Crippen LogP contribution is 2.22. The summed E-state index contributed by atoms with van der Waals surface area (Å²) < 4.78 is 15.0. The van der Waals surface area contributed by atoms with Gasteiger partial charge in [-0.25, -0.2) is 0 Å². The quantitative estimate of drug-likeness (QED) is 0.654. The molecule has 0 heterocycles. The van der Waals surface area contributed by atoms with Crippen molar-refractivity contribution in [3.05, 3.63) is 23.8 Å². The van der Waals surface area contributed by atoms with Crippen LogP contribution in [0, 0.1) is 5.41 Å². The lowest BCUT2D eigenvalue weighted by atomic mass is 10.1. The van der Waals surface area contributed by atoms with Crippen molar-refractivity contribution >= 4 is 18.3 Å². The normalized spacial score (nSPS) is 8.94. The summed E-state index contributed by atoms with van der Waals surface area (Å²) in [5, 5.41) is 7.43. The average Bonchev–Trinajstić information content (AvgIpc) is 2.28. The minimum Gasteiger partial charge on any atom is -0.497 e. The first kappa shape index (κ1) is 14.6. The van der Waals surface area contributed by atoms with Gasteiger partial charge in [-0.2, -0.15) is 0 Å². The van der Waals surface area contributed by atoms with Crippen LogP contribution in [0.4, 0.5) is 0 Å². The highest BCUT2D eigenvalue weighted by atomic mass is 35.5. The molecule has 0 fully saturated rings. The van der Waals surface area contributed by atoms with E-state index in [2.05, 4.69) is 0 Å². The maximum Gasteiger partial charge on any atom is 0.184 e. The molecule has 0 spiro atoms. The van der Waals surface area contributed by atoms with Gasteiger partial charge in [0.2, 0.25) is 0 Å². The Hall–Kier alpha value is -1.42. The van der Waals surface area contributed by atoms with Crippen molar-refractivity contribution in [2.45, 2.75) is 6.42 Å². The number of hydrogen-bond acceptors (Lipinski definition) is 4. The Morgan fingerprint density at radius 2 is 1.56 bits per heavy atom. The Balaban J connectivity index is 0.00000225. The highest BCUT2D eigenvalue weighted by Gasteiger charge is 2.04. The molecule has 0 unspecified atom stereocenters. The van der Waals surface area contributed by atoms with Crippen molar-refractivity contribution < 1.29 is 14.2 Å².